The van der Waals surface area contributed by atoms with E-state index in [1.165, 1.54) is 0 Å². The SMILES string of the molecule is BrCC1=CN(CBr)CC=N1. The third kappa shape index (κ3) is 2.09. The molecular formula is C6H8Br2N2. The van der Waals surface area contributed by atoms with E-state index in [9.17, 15) is 0 Å². The van der Waals surface area contributed by atoms with Gasteiger partial charge in [-0.3, -0.25) is 4.99 Å². The van der Waals surface area contributed by atoms with Gasteiger partial charge in [-0.1, -0.05) is 31.9 Å². The van der Waals surface area contributed by atoms with Crippen molar-refractivity contribution < 1.29 is 0 Å². The molecule has 2 nitrogen and oxygen atoms in total. The van der Waals surface area contributed by atoms with Gasteiger partial charge >= 0.3 is 0 Å². The first-order valence-electron chi connectivity index (χ1n) is 2.96. The molecule has 0 bridgehead atoms. The average molecular weight is 268 g/mol. The van der Waals surface area contributed by atoms with E-state index in [1.54, 1.807) is 0 Å². The lowest BCUT2D eigenvalue weighted by Crippen LogP contribution is -2.21. The fourth-order valence-electron chi connectivity index (χ4n) is 0.712. The quantitative estimate of drug-likeness (QED) is 0.552. The number of aliphatic imine (C=N–C) groups is 1. The smallest absolute Gasteiger partial charge is 0.0735 e. The first-order chi connectivity index (χ1) is 4.86. The minimum atomic E-state index is 0.826. The van der Waals surface area contributed by atoms with Gasteiger partial charge in [0.2, 0.25) is 0 Å². The van der Waals surface area contributed by atoms with Crippen LogP contribution in [-0.2, 0) is 0 Å². The average Bonchev–Trinajstić information content (AvgIpc) is 2.05. The lowest BCUT2D eigenvalue weighted by Gasteiger charge is -2.18. The normalized spacial score (nSPS) is 17.4. The molecule has 1 heterocycles. The Labute approximate surface area is 77.3 Å². The number of nitrogens with zero attached hydrogens (tertiary/aromatic N) is 2. The van der Waals surface area contributed by atoms with E-state index in [-0.39, 0.29) is 0 Å². The second-order valence-corrected chi connectivity index (χ2v) is 3.02. The molecule has 0 aromatic heterocycles. The van der Waals surface area contributed by atoms with Crippen molar-refractivity contribution in [3.05, 3.63) is 11.9 Å². The molecule has 0 saturated carbocycles. The summed E-state index contributed by atoms with van der Waals surface area (Å²) in [5, 5.41) is 0.826. The van der Waals surface area contributed by atoms with Crippen LogP contribution < -0.4 is 0 Å². The van der Waals surface area contributed by atoms with E-state index >= 15 is 0 Å². The summed E-state index contributed by atoms with van der Waals surface area (Å²) in [4.78, 5) is 6.32. The largest absolute Gasteiger partial charge is 0.361 e. The lowest BCUT2D eigenvalue weighted by atomic mass is 10.4. The second-order valence-electron chi connectivity index (χ2n) is 1.96. The van der Waals surface area contributed by atoms with Crippen LogP contribution in [0.25, 0.3) is 0 Å². The molecule has 0 aromatic rings. The summed E-state index contributed by atoms with van der Waals surface area (Å²) in [6.07, 6.45) is 3.96. The van der Waals surface area contributed by atoms with Crippen LogP contribution in [0, 0.1) is 0 Å². The number of rotatable bonds is 2. The van der Waals surface area contributed by atoms with E-state index < -0.39 is 0 Å². The van der Waals surface area contributed by atoms with E-state index in [2.05, 4.69) is 41.8 Å². The van der Waals surface area contributed by atoms with Crippen LogP contribution in [0.3, 0.4) is 0 Å². The summed E-state index contributed by atoms with van der Waals surface area (Å²) in [6, 6.07) is 0. The van der Waals surface area contributed by atoms with Crippen molar-refractivity contribution in [2.24, 2.45) is 4.99 Å². The Kier molecular flexibility index (Phi) is 3.42. The Bertz CT molecular complexity index is 165. The van der Waals surface area contributed by atoms with Gasteiger partial charge in [0, 0.05) is 17.7 Å². The molecule has 0 amide bonds. The van der Waals surface area contributed by atoms with Crippen molar-refractivity contribution >= 4 is 38.1 Å². The summed E-state index contributed by atoms with van der Waals surface area (Å²) < 4.78 is 0. The van der Waals surface area contributed by atoms with Crippen LogP contribution in [0.2, 0.25) is 0 Å². The number of alkyl halides is 2. The van der Waals surface area contributed by atoms with Crippen molar-refractivity contribution in [1.82, 2.24) is 4.90 Å². The predicted molar refractivity (Wildman–Crippen MR) is 50.9 cm³/mol. The maximum Gasteiger partial charge on any atom is 0.0735 e. The molecular weight excluding hydrogens is 260 g/mol. The highest BCUT2D eigenvalue weighted by atomic mass is 79.9. The molecule has 0 radical (unpaired) electrons. The molecule has 4 heteroatoms. The Morgan fingerprint density at radius 2 is 2.40 bits per heavy atom. The van der Waals surface area contributed by atoms with Crippen LogP contribution in [0.5, 0.6) is 0 Å². The number of hydrogen-bond acceptors (Lipinski definition) is 2. The molecule has 0 fully saturated rings. The molecule has 0 aromatic carbocycles. The van der Waals surface area contributed by atoms with Crippen molar-refractivity contribution in [2.75, 3.05) is 17.3 Å². The molecule has 0 unspecified atom stereocenters. The molecule has 1 rings (SSSR count). The van der Waals surface area contributed by atoms with Crippen LogP contribution in [-0.4, -0.2) is 28.4 Å². The maximum atomic E-state index is 4.17. The van der Waals surface area contributed by atoms with Gasteiger partial charge in [0.15, 0.2) is 0 Å². The van der Waals surface area contributed by atoms with Crippen molar-refractivity contribution in [3.8, 4) is 0 Å². The standard InChI is InChI=1S/C6H8Br2N2/c7-3-6-4-10(5-8)2-1-9-6/h1,4H,2-3,5H2. The first kappa shape index (κ1) is 8.27. The highest BCUT2D eigenvalue weighted by Crippen LogP contribution is 2.08. The Morgan fingerprint density at radius 1 is 1.60 bits per heavy atom. The molecule has 1 aliphatic heterocycles. The lowest BCUT2D eigenvalue weighted by molar-refractivity contribution is 0.501. The summed E-state index contributed by atoms with van der Waals surface area (Å²) in [6.45, 7) is 0.905. The van der Waals surface area contributed by atoms with Gasteiger partial charge in [-0.2, -0.15) is 0 Å². The second kappa shape index (κ2) is 4.13. The van der Waals surface area contributed by atoms with Crippen molar-refractivity contribution in [3.63, 3.8) is 0 Å². The Balaban J connectivity index is 2.56. The van der Waals surface area contributed by atoms with Gasteiger partial charge in [0.1, 0.15) is 0 Å². The molecule has 0 atom stereocenters. The Morgan fingerprint density at radius 3 is 3.00 bits per heavy atom. The minimum Gasteiger partial charge on any atom is -0.361 e. The third-order valence-corrected chi connectivity index (χ3v) is 2.41. The summed E-state index contributed by atoms with van der Waals surface area (Å²) in [7, 11) is 0. The molecule has 0 N–H and O–H groups in total. The molecule has 0 saturated heterocycles. The maximum absolute atomic E-state index is 4.17. The van der Waals surface area contributed by atoms with Gasteiger partial charge in [-0.05, 0) is 0 Å². The minimum absolute atomic E-state index is 0.826. The van der Waals surface area contributed by atoms with E-state index in [4.69, 9.17) is 0 Å². The van der Waals surface area contributed by atoms with Gasteiger partial charge in [-0.15, -0.1) is 0 Å². The zero-order chi connectivity index (χ0) is 7.40. The van der Waals surface area contributed by atoms with Crippen LogP contribution in [0.1, 0.15) is 0 Å². The van der Waals surface area contributed by atoms with Gasteiger partial charge < -0.3 is 4.90 Å². The fraction of sp³-hybridized carbons (Fsp3) is 0.500. The van der Waals surface area contributed by atoms with Gasteiger partial charge in [0.05, 0.1) is 17.7 Å². The van der Waals surface area contributed by atoms with E-state index in [1.807, 2.05) is 12.4 Å². The Hall–Kier alpha value is 0.170. The van der Waals surface area contributed by atoms with Crippen LogP contribution in [0.4, 0.5) is 0 Å². The van der Waals surface area contributed by atoms with E-state index in [0.29, 0.717) is 0 Å². The topological polar surface area (TPSA) is 15.6 Å². The highest BCUT2D eigenvalue weighted by Gasteiger charge is 2.02. The predicted octanol–water partition coefficient (Wildman–Crippen LogP) is 1.96. The molecule has 0 spiro atoms. The van der Waals surface area contributed by atoms with Crippen LogP contribution >= 0.6 is 31.9 Å². The van der Waals surface area contributed by atoms with Crippen molar-refractivity contribution in [1.29, 1.82) is 0 Å². The fourth-order valence-corrected chi connectivity index (χ4v) is 1.35. The zero-order valence-electron chi connectivity index (χ0n) is 5.43. The molecule has 10 heavy (non-hydrogen) atoms. The van der Waals surface area contributed by atoms with E-state index in [0.717, 1.165) is 23.0 Å². The van der Waals surface area contributed by atoms with Gasteiger partial charge in [0.25, 0.3) is 0 Å². The zero-order valence-corrected chi connectivity index (χ0v) is 8.60. The molecule has 1 aliphatic rings. The summed E-state index contributed by atoms with van der Waals surface area (Å²) >= 11 is 6.72. The highest BCUT2D eigenvalue weighted by molar-refractivity contribution is 9.09. The monoisotopic (exact) mass is 266 g/mol. The number of halogens is 2. The van der Waals surface area contributed by atoms with Gasteiger partial charge in [-0.25, -0.2) is 0 Å². The first-order valence-corrected chi connectivity index (χ1v) is 5.20. The number of allylic oxidation sites excluding steroid dienone is 1. The summed E-state index contributed by atoms with van der Waals surface area (Å²) in [5.74, 6) is 0. The number of hydrogen-bond donors (Lipinski definition) is 0. The summed E-state index contributed by atoms with van der Waals surface area (Å²) in [5.41, 5.74) is 1.95. The van der Waals surface area contributed by atoms with Crippen LogP contribution in [0.15, 0.2) is 16.9 Å². The third-order valence-electron chi connectivity index (χ3n) is 1.20. The molecule has 56 valence electrons. The van der Waals surface area contributed by atoms with Crippen molar-refractivity contribution in [2.45, 2.75) is 0 Å². The molecule has 0 aliphatic carbocycles.